The van der Waals surface area contributed by atoms with Crippen LogP contribution in [0.3, 0.4) is 0 Å². The van der Waals surface area contributed by atoms with E-state index >= 15 is 0 Å². The predicted molar refractivity (Wildman–Crippen MR) is 101 cm³/mol. The fourth-order valence-electron chi connectivity index (χ4n) is 2.05. The van der Waals surface area contributed by atoms with Gasteiger partial charge in [0, 0.05) is 26.8 Å². The number of nitrogens with one attached hydrogen (secondary N) is 1. The number of hydrogen-bond acceptors (Lipinski definition) is 4. The number of ether oxygens (including phenoxy) is 2. The Balaban J connectivity index is 1.85. The molecule has 128 valence electrons. The zero-order valence-corrected chi connectivity index (χ0v) is 16.0. The van der Waals surface area contributed by atoms with Gasteiger partial charge in [-0.1, -0.05) is 39.1 Å². The molecule has 0 aliphatic rings. The van der Waals surface area contributed by atoms with E-state index in [-0.39, 0.29) is 5.97 Å². The minimum atomic E-state index is -0.386. The molecule has 0 spiro atoms. The summed E-state index contributed by atoms with van der Waals surface area (Å²) in [5.41, 5.74) is 1.20. The van der Waals surface area contributed by atoms with Crippen molar-refractivity contribution in [3.63, 3.8) is 0 Å². The van der Waals surface area contributed by atoms with Crippen molar-refractivity contribution in [2.45, 2.75) is 6.42 Å². The molecular weight excluding hydrogens is 417 g/mol. The fraction of sp³-hybridized carbons (Fsp3) is 0.235. The Morgan fingerprint density at radius 3 is 2.54 bits per heavy atom. The van der Waals surface area contributed by atoms with Gasteiger partial charge in [-0.05, 0) is 42.8 Å². The van der Waals surface area contributed by atoms with E-state index in [4.69, 9.17) is 32.7 Å². The summed E-state index contributed by atoms with van der Waals surface area (Å²) in [6, 6.07) is 10.5. The standard InChI is InChI=1S/C17H16BrCl2NO3/c1-23-17(22)15-7-11(18)3-4-16(15)21-5-2-6-24-14-9-12(19)8-13(20)10-14/h3-4,7-10,21H,2,5-6H2,1H3. The van der Waals surface area contributed by atoms with Crippen LogP contribution in [0.5, 0.6) is 5.75 Å². The van der Waals surface area contributed by atoms with Gasteiger partial charge in [-0.25, -0.2) is 4.79 Å². The summed E-state index contributed by atoms with van der Waals surface area (Å²) in [7, 11) is 1.36. The van der Waals surface area contributed by atoms with Crippen LogP contribution in [-0.4, -0.2) is 26.2 Å². The van der Waals surface area contributed by atoms with Crippen molar-refractivity contribution in [2.24, 2.45) is 0 Å². The van der Waals surface area contributed by atoms with Gasteiger partial charge in [0.1, 0.15) is 5.75 Å². The van der Waals surface area contributed by atoms with Crippen molar-refractivity contribution in [1.82, 2.24) is 0 Å². The van der Waals surface area contributed by atoms with Crippen LogP contribution in [0.2, 0.25) is 10.0 Å². The summed E-state index contributed by atoms with van der Waals surface area (Å²) in [6.07, 6.45) is 0.737. The van der Waals surface area contributed by atoms with Crippen LogP contribution in [0, 0.1) is 0 Å². The van der Waals surface area contributed by atoms with Crippen LogP contribution in [0.1, 0.15) is 16.8 Å². The molecule has 0 heterocycles. The van der Waals surface area contributed by atoms with E-state index in [9.17, 15) is 4.79 Å². The summed E-state index contributed by atoms with van der Waals surface area (Å²) in [5, 5.41) is 4.28. The van der Waals surface area contributed by atoms with Gasteiger partial charge < -0.3 is 14.8 Å². The number of carbonyl (C=O) groups excluding carboxylic acids is 1. The predicted octanol–water partition coefficient (Wildman–Crippen LogP) is 5.42. The van der Waals surface area contributed by atoms with Gasteiger partial charge in [0.2, 0.25) is 0 Å². The highest BCUT2D eigenvalue weighted by Gasteiger charge is 2.12. The Labute approximate surface area is 159 Å². The van der Waals surface area contributed by atoms with Crippen molar-refractivity contribution in [2.75, 3.05) is 25.6 Å². The molecule has 2 rings (SSSR count). The van der Waals surface area contributed by atoms with Crippen LogP contribution in [-0.2, 0) is 4.74 Å². The second-order valence-electron chi connectivity index (χ2n) is 4.92. The maximum atomic E-state index is 11.8. The first kappa shape index (κ1) is 18.9. The highest BCUT2D eigenvalue weighted by atomic mass is 79.9. The Bertz CT molecular complexity index is 705. The average Bonchev–Trinajstić information content (AvgIpc) is 2.54. The first-order valence-electron chi connectivity index (χ1n) is 7.20. The Morgan fingerprint density at radius 2 is 1.88 bits per heavy atom. The quantitative estimate of drug-likeness (QED) is 0.468. The summed E-state index contributed by atoms with van der Waals surface area (Å²) in [5.74, 6) is 0.245. The molecule has 0 unspecified atom stereocenters. The van der Waals surface area contributed by atoms with Gasteiger partial charge in [0.05, 0.1) is 19.3 Å². The summed E-state index contributed by atoms with van der Waals surface area (Å²) < 4.78 is 11.2. The number of methoxy groups -OCH3 is 1. The molecule has 2 aromatic rings. The molecule has 24 heavy (non-hydrogen) atoms. The number of hydrogen-bond donors (Lipinski definition) is 1. The third kappa shape index (κ3) is 5.58. The van der Waals surface area contributed by atoms with Crippen molar-refractivity contribution < 1.29 is 14.3 Å². The monoisotopic (exact) mass is 431 g/mol. The second-order valence-corrected chi connectivity index (χ2v) is 6.70. The van der Waals surface area contributed by atoms with Gasteiger partial charge in [-0.2, -0.15) is 0 Å². The largest absolute Gasteiger partial charge is 0.493 e. The van der Waals surface area contributed by atoms with E-state index in [1.54, 1.807) is 24.3 Å². The SMILES string of the molecule is COC(=O)c1cc(Br)ccc1NCCCOc1cc(Cl)cc(Cl)c1. The molecule has 0 atom stereocenters. The molecule has 0 fully saturated rings. The highest BCUT2D eigenvalue weighted by molar-refractivity contribution is 9.10. The van der Waals surface area contributed by atoms with Crippen molar-refractivity contribution in [3.05, 3.63) is 56.5 Å². The lowest BCUT2D eigenvalue weighted by molar-refractivity contribution is 0.0601. The lowest BCUT2D eigenvalue weighted by Gasteiger charge is -2.12. The van der Waals surface area contributed by atoms with E-state index in [1.807, 2.05) is 12.1 Å². The van der Waals surface area contributed by atoms with Crippen LogP contribution in [0.4, 0.5) is 5.69 Å². The number of anilines is 1. The molecule has 0 saturated carbocycles. The molecule has 0 bridgehead atoms. The van der Waals surface area contributed by atoms with Gasteiger partial charge in [-0.15, -0.1) is 0 Å². The van der Waals surface area contributed by atoms with E-state index in [1.165, 1.54) is 7.11 Å². The van der Waals surface area contributed by atoms with Crippen LogP contribution >= 0.6 is 39.1 Å². The maximum Gasteiger partial charge on any atom is 0.340 e. The second kappa shape index (κ2) is 9.16. The molecular formula is C17H16BrCl2NO3. The lowest BCUT2D eigenvalue weighted by Crippen LogP contribution is -2.11. The van der Waals surface area contributed by atoms with Crippen molar-refractivity contribution in [3.8, 4) is 5.75 Å². The lowest BCUT2D eigenvalue weighted by atomic mass is 10.2. The zero-order chi connectivity index (χ0) is 17.5. The van der Waals surface area contributed by atoms with Crippen LogP contribution < -0.4 is 10.1 Å². The van der Waals surface area contributed by atoms with E-state index in [0.717, 1.165) is 16.6 Å². The Kier molecular flexibility index (Phi) is 7.21. The minimum Gasteiger partial charge on any atom is -0.493 e. The molecule has 1 N–H and O–H groups in total. The number of carbonyl (C=O) groups is 1. The number of rotatable bonds is 7. The molecule has 0 amide bonds. The summed E-state index contributed by atoms with van der Waals surface area (Å²) >= 11 is 15.2. The number of benzene rings is 2. The molecule has 4 nitrogen and oxygen atoms in total. The van der Waals surface area contributed by atoms with Crippen molar-refractivity contribution >= 4 is 50.8 Å². The molecule has 0 saturated heterocycles. The molecule has 0 aliphatic carbocycles. The molecule has 0 aromatic heterocycles. The average molecular weight is 433 g/mol. The third-order valence-electron chi connectivity index (χ3n) is 3.13. The summed E-state index contributed by atoms with van der Waals surface area (Å²) in [6.45, 7) is 1.13. The third-order valence-corrected chi connectivity index (χ3v) is 4.06. The van der Waals surface area contributed by atoms with Crippen LogP contribution in [0.15, 0.2) is 40.9 Å². The Hall–Kier alpha value is -1.43. The minimum absolute atomic E-state index is 0.386. The smallest absolute Gasteiger partial charge is 0.340 e. The zero-order valence-electron chi connectivity index (χ0n) is 12.9. The Morgan fingerprint density at radius 1 is 1.17 bits per heavy atom. The van der Waals surface area contributed by atoms with E-state index in [0.29, 0.717) is 34.5 Å². The van der Waals surface area contributed by atoms with Crippen molar-refractivity contribution in [1.29, 1.82) is 0 Å². The van der Waals surface area contributed by atoms with E-state index in [2.05, 4.69) is 21.2 Å². The maximum absolute atomic E-state index is 11.8. The molecule has 2 aromatic carbocycles. The highest BCUT2D eigenvalue weighted by Crippen LogP contribution is 2.24. The van der Waals surface area contributed by atoms with Gasteiger partial charge in [0.15, 0.2) is 0 Å². The first-order valence-corrected chi connectivity index (χ1v) is 8.75. The molecule has 0 aliphatic heterocycles. The van der Waals surface area contributed by atoms with Gasteiger partial charge >= 0.3 is 5.97 Å². The summed E-state index contributed by atoms with van der Waals surface area (Å²) in [4.78, 5) is 11.8. The molecule has 0 radical (unpaired) electrons. The number of halogens is 3. The van der Waals surface area contributed by atoms with E-state index < -0.39 is 0 Å². The van der Waals surface area contributed by atoms with Gasteiger partial charge in [0.25, 0.3) is 0 Å². The topological polar surface area (TPSA) is 47.6 Å². The first-order chi connectivity index (χ1) is 11.5. The van der Waals surface area contributed by atoms with Crippen LogP contribution in [0.25, 0.3) is 0 Å². The number of esters is 1. The fourth-order valence-corrected chi connectivity index (χ4v) is 2.91. The molecule has 7 heteroatoms. The normalized spacial score (nSPS) is 10.3. The van der Waals surface area contributed by atoms with Gasteiger partial charge in [-0.3, -0.25) is 0 Å².